The zero-order chi connectivity index (χ0) is 18.7. The van der Waals surface area contributed by atoms with Crippen molar-refractivity contribution in [3.63, 3.8) is 0 Å². The fraction of sp³-hybridized carbons (Fsp3) is 0.333. The predicted octanol–water partition coefficient (Wildman–Crippen LogP) is 5.01. The van der Waals surface area contributed by atoms with Gasteiger partial charge in [-0.2, -0.15) is 4.31 Å². The van der Waals surface area contributed by atoms with Crippen LogP contribution in [0.3, 0.4) is 0 Å². The average Bonchev–Trinajstić information content (AvgIpc) is 2.60. The van der Waals surface area contributed by atoms with Crippen molar-refractivity contribution in [3.05, 3.63) is 58.9 Å². The Bertz CT molecular complexity index is 778. The lowest BCUT2D eigenvalue weighted by atomic mass is 10.1. The topological polar surface area (TPSA) is 59.0 Å². The summed E-state index contributed by atoms with van der Waals surface area (Å²) in [7, 11) is -1.51. The minimum Gasteiger partial charge on any atom is -0.320 e. The van der Waals surface area contributed by atoms with Crippen LogP contribution in [-0.2, 0) is 6.54 Å². The van der Waals surface area contributed by atoms with Gasteiger partial charge in [-0.1, -0.05) is 23.7 Å². The number of benzene rings is 2. The van der Waals surface area contributed by atoms with E-state index >= 15 is 0 Å². The highest BCUT2D eigenvalue weighted by Crippen LogP contribution is 2.59. The Balaban J connectivity index is 2.01. The van der Waals surface area contributed by atoms with Crippen molar-refractivity contribution in [2.75, 3.05) is 24.4 Å². The van der Waals surface area contributed by atoms with E-state index in [0.29, 0.717) is 23.8 Å². The van der Waals surface area contributed by atoms with Crippen molar-refractivity contribution in [2.45, 2.75) is 19.4 Å². The highest BCUT2D eigenvalue weighted by Gasteiger charge is 2.38. The first-order valence-corrected chi connectivity index (χ1v) is 10.3. The molecule has 0 amide bonds. The molecule has 0 radical (unpaired) electrons. The number of rotatable bonds is 6. The molecule has 0 fully saturated rings. The van der Waals surface area contributed by atoms with Crippen LogP contribution in [0, 0.1) is 5.82 Å². The lowest BCUT2D eigenvalue weighted by Gasteiger charge is -2.54. The molecule has 1 heterocycles. The van der Waals surface area contributed by atoms with Crippen molar-refractivity contribution < 1.29 is 13.5 Å². The summed E-state index contributed by atoms with van der Waals surface area (Å²) >= 11 is 6.13. The maximum atomic E-state index is 14.5. The molecule has 3 N–H and O–H groups in total. The van der Waals surface area contributed by atoms with E-state index in [9.17, 15) is 13.5 Å². The maximum absolute atomic E-state index is 14.5. The summed E-state index contributed by atoms with van der Waals surface area (Å²) < 4.78 is 39.4. The molecular weight excluding hydrogens is 377 g/mol. The number of fused-ring (bicyclic) bond motifs is 1. The molecule has 1 aliphatic heterocycles. The predicted molar refractivity (Wildman–Crippen MR) is 106 cm³/mol. The Morgan fingerprint density at radius 3 is 2.65 bits per heavy atom. The van der Waals surface area contributed by atoms with Gasteiger partial charge in [0.1, 0.15) is 5.82 Å². The van der Waals surface area contributed by atoms with Crippen molar-refractivity contribution in [1.29, 1.82) is 0 Å². The average molecular weight is 400 g/mol. The molecule has 142 valence electrons. The first kappa shape index (κ1) is 19.4. The number of hydrogen-bond donors (Lipinski definition) is 3. The summed E-state index contributed by atoms with van der Waals surface area (Å²) in [5.41, 5.74) is 1.53. The molecule has 0 spiro atoms. The van der Waals surface area contributed by atoms with Crippen LogP contribution < -0.4 is 9.62 Å². The highest BCUT2D eigenvalue weighted by atomic mass is 35.5. The molecule has 1 aliphatic rings. The van der Waals surface area contributed by atoms with E-state index in [-0.39, 0.29) is 5.69 Å². The third-order valence-electron chi connectivity index (χ3n) is 4.35. The van der Waals surface area contributed by atoms with E-state index < -0.39 is 16.8 Å². The second-order valence-electron chi connectivity index (χ2n) is 6.18. The third-order valence-corrected chi connectivity index (χ3v) is 6.48. The molecule has 5 nitrogen and oxygen atoms in total. The Labute approximate surface area is 160 Å². The van der Waals surface area contributed by atoms with Gasteiger partial charge in [0.2, 0.25) is 0 Å². The standard InChI is InChI=1S/C18H23ClFN3O2S/c1-21-10-4-5-11-22-13-14-12-15(19)8-9-17(14)23(26(22,24)25)18-7-3-2-6-16(18)20/h2-3,6-9,12,21,24-25H,4-5,10-11,13H2,1H3. The van der Waals surface area contributed by atoms with Gasteiger partial charge in [0.05, 0.1) is 11.4 Å². The van der Waals surface area contributed by atoms with Crippen molar-refractivity contribution in [3.8, 4) is 0 Å². The van der Waals surface area contributed by atoms with Gasteiger partial charge in [0, 0.05) is 18.1 Å². The van der Waals surface area contributed by atoms with E-state index in [1.54, 1.807) is 40.7 Å². The lowest BCUT2D eigenvalue weighted by Crippen LogP contribution is -2.42. The van der Waals surface area contributed by atoms with Crippen LogP contribution in [0.15, 0.2) is 42.5 Å². The molecular formula is C18H23ClFN3O2S. The Kier molecular flexibility index (Phi) is 6.06. The molecule has 3 rings (SSSR count). The maximum Gasteiger partial charge on any atom is 0.148 e. The smallest absolute Gasteiger partial charge is 0.148 e. The van der Waals surface area contributed by atoms with Gasteiger partial charge in [0.25, 0.3) is 0 Å². The number of unbranched alkanes of at least 4 members (excludes halogenated alkanes) is 1. The first-order chi connectivity index (χ1) is 12.4. The lowest BCUT2D eigenvalue weighted by molar-refractivity contribution is 0.329. The van der Waals surface area contributed by atoms with Crippen LogP contribution >= 0.6 is 22.6 Å². The summed E-state index contributed by atoms with van der Waals surface area (Å²) in [6.07, 6.45) is 1.70. The Morgan fingerprint density at radius 1 is 1.15 bits per heavy atom. The molecule has 2 aromatic rings. The molecule has 0 atom stereocenters. The number of halogens is 2. The van der Waals surface area contributed by atoms with Crippen LogP contribution in [0.2, 0.25) is 5.02 Å². The number of hydrogen-bond acceptors (Lipinski definition) is 5. The fourth-order valence-corrected chi connectivity index (χ4v) is 5.04. The molecule has 0 unspecified atom stereocenters. The molecule has 0 aromatic heterocycles. The van der Waals surface area contributed by atoms with Crippen molar-refractivity contribution in [2.24, 2.45) is 0 Å². The van der Waals surface area contributed by atoms with Gasteiger partial charge in [-0.3, -0.25) is 9.11 Å². The van der Waals surface area contributed by atoms with Gasteiger partial charge in [0.15, 0.2) is 0 Å². The first-order valence-electron chi connectivity index (χ1n) is 8.46. The van der Waals surface area contributed by atoms with Crippen molar-refractivity contribution in [1.82, 2.24) is 9.62 Å². The largest absolute Gasteiger partial charge is 0.320 e. The normalized spacial score (nSPS) is 17.8. The zero-order valence-corrected chi connectivity index (χ0v) is 16.1. The van der Waals surface area contributed by atoms with Gasteiger partial charge in [-0.25, -0.2) is 8.70 Å². The summed E-state index contributed by atoms with van der Waals surface area (Å²) in [5.74, 6) is -0.509. The van der Waals surface area contributed by atoms with Gasteiger partial charge < -0.3 is 5.32 Å². The second-order valence-corrected chi connectivity index (χ2v) is 8.48. The van der Waals surface area contributed by atoms with Crippen LogP contribution in [0.5, 0.6) is 0 Å². The summed E-state index contributed by atoms with van der Waals surface area (Å²) in [6, 6.07) is 11.3. The molecule has 2 aromatic carbocycles. The molecule has 26 heavy (non-hydrogen) atoms. The van der Waals surface area contributed by atoms with Crippen LogP contribution in [0.25, 0.3) is 0 Å². The number of nitrogens with zero attached hydrogens (tertiary/aromatic N) is 2. The number of para-hydroxylation sites is 1. The fourth-order valence-electron chi connectivity index (χ4n) is 3.07. The molecule has 0 aliphatic carbocycles. The Hall–Kier alpha value is -1.35. The minimum absolute atomic E-state index is 0.135. The summed E-state index contributed by atoms with van der Waals surface area (Å²) in [6.45, 7) is 1.69. The monoisotopic (exact) mass is 399 g/mol. The molecule has 0 bridgehead atoms. The number of anilines is 2. The molecule has 0 saturated heterocycles. The summed E-state index contributed by atoms with van der Waals surface area (Å²) in [4.78, 5) is 0. The quantitative estimate of drug-likeness (QED) is 0.596. The Morgan fingerprint density at radius 2 is 1.92 bits per heavy atom. The molecule has 8 heteroatoms. The van der Waals surface area contributed by atoms with Crippen LogP contribution in [-0.4, -0.2) is 33.5 Å². The van der Waals surface area contributed by atoms with Gasteiger partial charge >= 0.3 is 0 Å². The van der Waals surface area contributed by atoms with Crippen LogP contribution in [0.1, 0.15) is 18.4 Å². The number of nitrogens with one attached hydrogen (secondary N) is 1. The van der Waals surface area contributed by atoms with Gasteiger partial charge in [-0.05, 0) is 73.3 Å². The minimum atomic E-state index is -3.39. The van der Waals surface area contributed by atoms with E-state index in [0.717, 1.165) is 24.9 Å². The van der Waals surface area contributed by atoms with Crippen molar-refractivity contribution >= 4 is 33.9 Å². The van der Waals surface area contributed by atoms with E-state index in [1.165, 1.54) is 10.4 Å². The highest BCUT2D eigenvalue weighted by molar-refractivity contribution is 8.23. The second kappa shape index (κ2) is 8.12. The van der Waals surface area contributed by atoms with Gasteiger partial charge in [-0.15, -0.1) is 0 Å². The zero-order valence-electron chi connectivity index (χ0n) is 14.5. The molecule has 0 saturated carbocycles. The van der Waals surface area contributed by atoms with E-state index in [2.05, 4.69) is 5.32 Å². The third kappa shape index (κ3) is 3.83. The van der Waals surface area contributed by atoms with Crippen LogP contribution in [0.4, 0.5) is 15.8 Å². The summed E-state index contributed by atoms with van der Waals surface area (Å²) in [5, 5.41) is 3.64. The SMILES string of the molecule is CNCCCCN1Cc2cc(Cl)ccc2N(c2ccccc2F)S1(O)O. The van der Waals surface area contributed by atoms with E-state index in [1.807, 2.05) is 7.05 Å². The van der Waals surface area contributed by atoms with E-state index in [4.69, 9.17) is 11.6 Å².